The van der Waals surface area contributed by atoms with Gasteiger partial charge in [-0.3, -0.25) is 24.2 Å². The molecular weight excluding hydrogens is 450 g/mol. The summed E-state index contributed by atoms with van der Waals surface area (Å²) < 4.78 is 33.2. The van der Waals surface area contributed by atoms with Crippen LogP contribution in [0.2, 0.25) is 0 Å². The first-order chi connectivity index (χ1) is 16.2. The van der Waals surface area contributed by atoms with Gasteiger partial charge in [-0.05, 0) is 12.1 Å². The molecule has 0 aliphatic carbocycles. The van der Waals surface area contributed by atoms with Crippen molar-refractivity contribution in [2.45, 2.75) is 58.4 Å². The number of benzene rings is 1. The van der Waals surface area contributed by atoms with E-state index in [9.17, 15) is 19.2 Å². The lowest BCUT2D eigenvalue weighted by Gasteiger charge is -2.43. The third-order valence-corrected chi connectivity index (χ3v) is 4.79. The monoisotopic (exact) mass is 475 g/mol. The lowest BCUT2D eigenvalue weighted by atomic mass is 9.98. The molecule has 0 radical (unpaired) electrons. The number of carbonyl (C=O) groups is 4. The van der Waals surface area contributed by atoms with Gasteiger partial charge in [0.05, 0.1) is 0 Å². The van der Waals surface area contributed by atoms with Crippen LogP contribution in [0.25, 0.3) is 10.9 Å². The number of pyridine rings is 1. The van der Waals surface area contributed by atoms with E-state index in [2.05, 4.69) is 4.98 Å². The minimum absolute atomic E-state index is 0.305. The van der Waals surface area contributed by atoms with Crippen molar-refractivity contribution in [3.8, 4) is 5.75 Å². The average molecular weight is 475 g/mol. The van der Waals surface area contributed by atoms with Gasteiger partial charge >= 0.3 is 23.9 Å². The minimum atomic E-state index is -1.33. The zero-order chi connectivity index (χ0) is 24.8. The highest BCUT2D eigenvalue weighted by Gasteiger charge is 2.53. The Balaban J connectivity index is 2.03. The zero-order valence-corrected chi connectivity index (χ0v) is 19.1. The second-order valence-corrected chi connectivity index (χ2v) is 7.52. The van der Waals surface area contributed by atoms with Crippen LogP contribution >= 0.6 is 0 Å². The number of fused-ring (bicyclic) bond motifs is 1. The van der Waals surface area contributed by atoms with E-state index in [0.29, 0.717) is 11.3 Å². The summed E-state index contributed by atoms with van der Waals surface area (Å²) in [6.07, 6.45) is -4.73. The van der Waals surface area contributed by atoms with Crippen LogP contribution in [0, 0.1) is 0 Å². The number of aromatic nitrogens is 1. The summed E-state index contributed by atoms with van der Waals surface area (Å²) in [4.78, 5) is 51.4. The number of carbonyl (C=O) groups excluding carboxylic acids is 4. The molecule has 2 heterocycles. The lowest BCUT2D eigenvalue weighted by molar-refractivity contribution is -0.288. The van der Waals surface area contributed by atoms with Crippen LogP contribution in [0.5, 0.6) is 5.75 Å². The van der Waals surface area contributed by atoms with Crippen LogP contribution in [0.4, 0.5) is 0 Å². The van der Waals surface area contributed by atoms with E-state index in [0.717, 1.165) is 26.2 Å². The first-order valence-corrected chi connectivity index (χ1v) is 10.5. The molecule has 1 aromatic carbocycles. The maximum atomic E-state index is 11.9. The first-order valence-electron chi connectivity index (χ1n) is 10.5. The van der Waals surface area contributed by atoms with Crippen molar-refractivity contribution in [2.24, 2.45) is 0 Å². The summed E-state index contributed by atoms with van der Waals surface area (Å²) in [5, 5.41) is 0.783. The molecule has 1 aliphatic heterocycles. The lowest BCUT2D eigenvalue weighted by Crippen LogP contribution is -2.63. The van der Waals surface area contributed by atoms with Crippen molar-refractivity contribution in [1.29, 1.82) is 0 Å². The Morgan fingerprint density at radius 2 is 1.44 bits per heavy atom. The predicted octanol–water partition coefficient (Wildman–Crippen LogP) is 1.70. The highest BCUT2D eigenvalue weighted by molar-refractivity contribution is 5.84. The van der Waals surface area contributed by atoms with Crippen molar-refractivity contribution >= 4 is 34.8 Å². The summed E-state index contributed by atoms with van der Waals surface area (Å²) in [6.45, 7) is 4.32. The van der Waals surface area contributed by atoms with Gasteiger partial charge in [0.25, 0.3) is 0 Å². The van der Waals surface area contributed by atoms with Crippen LogP contribution in [-0.2, 0) is 42.9 Å². The Hall–Kier alpha value is -3.73. The SMILES string of the molecule is CC(=O)OC[C@@H]1O[C@H](Oc2cccc3cccnc23)[C@@H](OC(C)=O)[C@H](OC(C)=O)[C@H]1OC(C)=O. The van der Waals surface area contributed by atoms with Gasteiger partial charge in [-0.1, -0.05) is 18.2 Å². The van der Waals surface area contributed by atoms with Crippen LogP contribution in [-0.4, -0.2) is 66.2 Å². The number of hydrogen-bond acceptors (Lipinski definition) is 11. The number of para-hydroxylation sites is 1. The van der Waals surface area contributed by atoms with E-state index in [4.69, 9.17) is 28.4 Å². The van der Waals surface area contributed by atoms with Crippen LogP contribution < -0.4 is 4.74 Å². The van der Waals surface area contributed by atoms with E-state index in [1.165, 1.54) is 6.92 Å². The molecule has 0 N–H and O–H groups in total. The zero-order valence-electron chi connectivity index (χ0n) is 19.1. The molecule has 0 saturated carbocycles. The van der Waals surface area contributed by atoms with Gasteiger partial charge in [-0.25, -0.2) is 0 Å². The standard InChI is InChI=1S/C23H25NO10/c1-12(25)29-11-18-20(30-13(2)26)21(31-14(3)27)22(32-15(4)28)23(34-18)33-17-9-5-7-16-8-6-10-24-19(16)17/h5-10,18,20-23H,11H2,1-4H3/t18-,20-,21+,22-,23-/m0/s1. The largest absolute Gasteiger partial charge is 0.463 e. The fourth-order valence-electron chi connectivity index (χ4n) is 3.58. The van der Waals surface area contributed by atoms with Crippen molar-refractivity contribution in [2.75, 3.05) is 6.61 Å². The quantitative estimate of drug-likeness (QED) is 0.427. The van der Waals surface area contributed by atoms with Gasteiger partial charge < -0.3 is 28.4 Å². The molecule has 11 heteroatoms. The normalized spacial score (nSPS) is 24.1. The molecule has 0 unspecified atom stereocenters. The number of rotatable bonds is 7. The second kappa shape index (κ2) is 10.9. The average Bonchev–Trinajstić information content (AvgIpc) is 2.75. The maximum absolute atomic E-state index is 11.9. The molecule has 2 aromatic rings. The highest BCUT2D eigenvalue weighted by atomic mass is 16.7. The predicted molar refractivity (Wildman–Crippen MR) is 114 cm³/mol. The summed E-state index contributed by atoms with van der Waals surface area (Å²) >= 11 is 0. The third kappa shape index (κ3) is 6.19. The Morgan fingerprint density at radius 1 is 0.824 bits per heavy atom. The Labute approximate surface area is 195 Å². The number of esters is 4. The third-order valence-electron chi connectivity index (χ3n) is 4.79. The summed E-state index contributed by atoms with van der Waals surface area (Å²) in [5.41, 5.74) is 0.512. The number of nitrogens with zero attached hydrogens (tertiary/aromatic N) is 1. The fraction of sp³-hybridized carbons (Fsp3) is 0.435. The van der Waals surface area contributed by atoms with Crippen LogP contribution in [0.15, 0.2) is 36.5 Å². The number of ether oxygens (including phenoxy) is 6. The molecule has 182 valence electrons. The van der Waals surface area contributed by atoms with E-state index in [1.807, 2.05) is 12.1 Å². The van der Waals surface area contributed by atoms with Crippen molar-refractivity contribution in [3.05, 3.63) is 36.5 Å². The van der Waals surface area contributed by atoms with Crippen molar-refractivity contribution in [3.63, 3.8) is 0 Å². The summed E-state index contributed by atoms with van der Waals surface area (Å²) in [6, 6.07) is 8.82. The molecule has 5 atom stereocenters. The number of hydrogen-bond donors (Lipinski definition) is 0. The smallest absolute Gasteiger partial charge is 0.303 e. The van der Waals surface area contributed by atoms with Gasteiger partial charge in [-0.15, -0.1) is 0 Å². The molecule has 0 spiro atoms. The molecule has 34 heavy (non-hydrogen) atoms. The molecule has 3 rings (SSSR count). The summed E-state index contributed by atoms with van der Waals surface area (Å²) in [7, 11) is 0. The van der Waals surface area contributed by atoms with Gasteiger partial charge in [0.2, 0.25) is 12.4 Å². The van der Waals surface area contributed by atoms with E-state index in [1.54, 1.807) is 24.4 Å². The molecule has 0 amide bonds. The molecule has 1 saturated heterocycles. The van der Waals surface area contributed by atoms with Gasteiger partial charge in [0.1, 0.15) is 24.0 Å². The van der Waals surface area contributed by atoms with Crippen LogP contribution in [0.1, 0.15) is 27.7 Å². The highest BCUT2D eigenvalue weighted by Crippen LogP contribution is 2.32. The Morgan fingerprint density at radius 3 is 2.09 bits per heavy atom. The van der Waals surface area contributed by atoms with Crippen molar-refractivity contribution in [1.82, 2.24) is 4.98 Å². The fourth-order valence-corrected chi connectivity index (χ4v) is 3.58. The molecule has 1 fully saturated rings. The minimum Gasteiger partial charge on any atom is -0.463 e. The second-order valence-electron chi connectivity index (χ2n) is 7.52. The van der Waals surface area contributed by atoms with Crippen molar-refractivity contribution < 1.29 is 47.6 Å². The molecule has 0 bridgehead atoms. The Bertz CT molecular complexity index is 1070. The van der Waals surface area contributed by atoms with E-state index < -0.39 is 54.6 Å². The van der Waals surface area contributed by atoms with Crippen LogP contribution in [0.3, 0.4) is 0 Å². The molecule has 1 aliphatic rings. The molecule has 1 aromatic heterocycles. The van der Waals surface area contributed by atoms with Gasteiger partial charge in [-0.2, -0.15) is 0 Å². The molecule has 11 nitrogen and oxygen atoms in total. The van der Waals surface area contributed by atoms with Gasteiger partial charge in [0.15, 0.2) is 12.2 Å². The maximum Gasteiger partial charge on any atom is 0.303 e. The Kier molecular flexibility index (Phi) is 8.00. The first kappa shape index (κ1) is 24.9. The molecular formula is C23H25NO10. The topological polar surface area (TPSA) is 137 Å². The van der Waals surface area contributed by atoms with E-state index in [-0.39, 0.29) is 6.61 Å². The van der Waals surface area contributed by atoms with E-state index >= 15 is 0 Å². The summed E-state index contributed by atoms with van der Waals surface area (Å²) in [5.74, 6) is -2.45. The van der Waals surface area contributed by atoms with Gasteiger partial charge in [0, 0.05) is 39.3 Å².